The van der Waals surface area contributed by atoms with Crippen LogP contribution in [0.2, 0.25) is 0 Å². The Labute approximate surface area is 209 Å². The van der Waals surface area contributed by atoms with E-state index in [-0.39, 0.29) is 34.8 Å². The number of nitrogens with one attached hydrogen (secondary N) is 1. The molecule has 2 aliphatic rings. The number of hydrogen-bond donors (Lipinski definition) is 1. The maximum atomic E-state index is 15.0. The van der Waals surface area contributed by atoms with Gasteiger partial charge < -0.3 is 20.0 Å². The summed E-state index contributed by atoms with van der Waals surface area (Å²) in [5.74, 6) is -0.376. The molecule has 190 valence electrons. The van der Waals surface area contributed by atoms with Crippen molar-refractivity contribution >= 4 is 34.3 Å². The van der Waals surface area contributed by atoms with E-state index in [9.17, 15) is 14.0 Å². The lowest BCUT2D eigenvalue weighted by molar-refractivity contribution is 0.0825. The van der Waals surface area contributed by atoms with E-state index in [1.807, 2.05) is 6.07 Å². The van der Waals surface area contributed by atoms with Crippen molar-refractivity contribution in [2.24, 2.45) is 0 Å². The molecule has 0 spiro atoms. The molecular weight excluding hydrogens is 461 g/mol. The summed E-state index contributed by atoms with van der Waals surface area (Å²) >= 11 is 0. The van der Waals surface area contributed by atoms with Gasteiger partial charge in [-0.15, -0.1) is 0 Å². The van der Waals surface area contributed by atoms with Gasteiger partial charge in [-0.3, -0.25) is 14.2 Å². The summed E-state index contributed by atoms with van der Waals surface area (Å²) in [6.45, 7) is 3.36. The summed E-state index contributed by atoms with van der Waals surface area (Å²) in [5.41, 5.74) is 1.37. The number of carbonyl (C=O) groups is 1. The minimum absolute atomic E-state index is 0.0158. The quantitative estimate of drug-likeness (QED) is 0.584. The molecule has 1 saturated carbocycles. The smallest absolute Gasteiger partial charge is 0.265 e. The molecule has 0 unspecified atom stereocenters. The van der Waals surface area contributed by atoms with Crippen molar-refractivity contribution < 1.29 is 9.18 Å². The zero-order valence-corrected chi connectivity index (χ0v) is 21.0. The van der Waals surface area contributed by atoms with Gasteiger partial charge in [-0.25, -0.2) is 9.37 Å². The van der Waals surface area contributed by atoms with Gasteiger partial charge in [-0.1, -0.05) is 12.8 Å². The number of rotatable bonds is 5. The SMILES string of the molecule is CN1CCN(c2ccc(Nc3ncc4cc(C(=O)N(C)C)c(=O)n(C5CCCC5)c4n3)cc2F)CC1. The molecule has 0 bridgehead atoms. The van der Waals surface area contributed by atoms with Gasteiger partial charge in [-0.2, -0.15) is 4.98 Å². The zero-order chi connectivity index (χ0) is 25.4. The minimum Gasteiger partial charge on any atom is -0.367 e. The van der Waals surface area contributed by atoms with Crippen molar-refractivity contribution in [3.63, 3.8) is 0 Å². The lowest BCUT2D eigenvalue weighted by Gasteiger charge is -2.34. The minimum atomic E-state index is -0.341. The number of hydrogen-bond acceptors (Lipinski definition) is 7. The predicted octanol–water partition coefficient (Wildman–Crippen LogP) is 3.24. The Morgan fingerprint density at radius 2 is 1.83 bits per heavy atom. The third kappa shape index (κ3) is 4.65. The topological polar surface area (TPSA) is 86.6 Å². The number of carbonyl (C=O) groups excluding carboxylic acids is 1. The highest BCUT2D eigenvalue weighted by Crippen LogP contribution is 2.31. The molecule has 1 aromatic carbocycles. The fourth-order valence-corrected chi connectivity index (χ4v) is 5.09. The van der Waals surface area contributed by atoms with Gasteiger partial charge in [0.1, 0.15) is 17.0 Å². The third-order valence-electron chi connectivity index (χ3n) is 7.15. The molecule has 36 heavy (non-hydrogen) atoms. The number of likely N-dealkylation sites (N-methyl/N-ethyl adjacent to an activating group) is 1. The first kappa shape index (κ1) is 24.2. The van der Waals surface area contributed by atoms with E-state index in [1.165, 1.54) is 11.0 Å². The van der Waals surface area contributed by atoms with Crippen molar-refractivity contribution in [1.82, 2.24) is 24.3 Å². The van der Waals surface area contributed by atoms with E-state index < -0.39 is 0 Å². The highest BCUT2D eigenvalue weighted by Gasteiger charge is 2.25. The van der Waals surface area contributed by atoms with Gasteiger partial charge in [0.25, 0.3) is 11.5 Å². The van der Waals surface area contributed by atoms with E-state index in [4.69, 9.17) is 0 Å². The van der Waals surface area contributed by atoms with Crippen LogP contribution in [-0.4, -0.2) is 77.6 Å². The summed E-state index contributed by atoms with van der Waals surface area (Å²) < 4.78 is 16.6. The van der Waals surface area contributed by atoms with Crippen LogP contribution in [0.15, 0.2) is 35.3 Å². The lowest BCUT2D eigenvalue weighted by atomic mass is 10.1. The van der Waals surface area contributed by atoms with Crippen LogP contribution in [0, 0.1) is 5.82 Å². The summed E-state index contributed by atoms with van der Waals surface area (Å²) in [6.07, 6.45) is 5.39. The third-order valence-corrected chi connectivity index (χ3v) is 7.15. The van der Waals surface area contributed by atoms with Crippen LogP contribution in [0.3, 0.4) is 0 Å². The largest absolute Gasteiger partial charge is 0.367 e. The Kier molecular flexibility index (Phi) is 6.61. The molecule has 3 aromatic rings. The van der Waals surface area contributed by atoms with Crippen LogP contribution in [0.5, 0.6) is 0 Å². The molecule has 2 aromatic heterocycles. The highest BCUT2D eigenvalue weighted by atomic mass is 19.1. The Bertz CT molecular complexity index is 1340. The first-order valence-electron chi connectivity index (χ1n) is 12.5. The van der Waals surface area contributed by atoms with Crippen molar-refractivity contribution in [3.05, 3.63) is 52.2 Å². The average Bonchev–Trinajstić information content (AvgIpc) is 3.38. The number of nitrogens with zero attached hydrogens (tertiary/aromatic N) is 6. The monoisotopic (exact) mass is 493 g/mol. The first-order chi connectivity index (χ1) is 17.3. The fraction of sp³-hybridized carbons (Fsp3) is 0.462. The summed E-state index contributed by atoms with van der Waals surface area (Å²) in [5, 5.41) is 3.71. The number of fused-ring (bicyclic) bond motifs is 1. The number of halogens is 1. The van der Waals surface area contributed by atoms with Gasteiger partial charge in [0.2, 0.25) is 5.95 Å². The number of aromatic nitrogens is 3. The molecule has 10 heteroatoms. The second-order valence-electron chi connectivity index (χ2n) is 9.93. The maximum Gasteiger partial charge on any atom is 0.265 e. The van der Waals surface area contributed by atoms with E-state index in [1.54, 1.807) is 37.0 Å². The van der Waals surface area contributed by atoms with Crippen LogP contribution >= 0.6 is 0 Å². The summed E-state index contributed by atoms with van der Waals surface area (Å²) in [6, 6.07) is 6.59. The van der Waals surface area contributed by atoms with Crippen molar-refractivity contribution in [2.75, 3.05) is 57.5 Å². The van der Waals surface area contributed by atoms with Gasteiger partial charge >= 0.3 is 0 Å². The Hall–Kier alpha value is -3.53. The molecule has 9 nitrogen and oxygen atoms in total. The second kappa shape index (κ2) is 9.85. The van der Waals surface area contributed by atoms with Crippen molar-refractivity contribution in [1.29, 1.82) is 0 Å². The maximum absolute atomic E-state index is 15.0. The molecule has 1 N–H and O–H groups in total. The van der Waals surface area contributed by atoms with Crippen LogP contribution in [-0.2, 0) is 0 Å². The second-order valence-corrected chi connectivity index (χ2v) is 9.93. The van der Waals surface area contributed by atoms with Gasteiger partial charge in [0, 0.05) is 63.6 Å². The molecule has 3 heterocycles. The predicted molar refractivity (Wildman–Crippen MR) is 139 cm³/mol. The number of anilines is 3. The molecular formula is C26H32FN7O2. The zero-order valence-electron chi connectivity index (χ0n) is 21.0. The van der Waals surface area contributed by atoms with Crippen LogP contribution in [0.4, 0.5) is 21.7 Å². The molecule has 2 fully saturated rings. The first-order valence-corrected chi connectivity index (χ1v) is 12.5. The standard InChI is InChI=1S/C26H32FN7O2/c1-31(2)24(35)20-14-17-16-28-26(30-23(17)34(25(20)36)19-6-4-5-7-19)29-18-8-9-22(21(27)15-18)33-12-10-32(3)11-13-33/h8-9,14-16,19H,4-7,10-13H2,1-3H3,(H,28,29,30). The van der Waals surface area contributed by atoms with E-state index in [0.29, 0.717) is 22.4 Å². The number of piperazine rings is 1. The molecule has 1 amide bonds. The molecule has 1 aliphatic carbocycles. The number of amides is 1. The summed E-state index contributed by atoms with van der Waals surface area (Å²) in [4.78, 5) is 40.8. The summed E-state index contributed by atoms with van der Waals surface area (Å²) in [7, 11) is 5.32. The number of benzene rings is 1. The van der Waals surface area contributed by atoms with Crippen molar-refractivity contribution in [2.45, 2.75) is 31.7 Å². The molecule has 5 rings (SSSR count). The van der Waals surface area contributed by atoms with Gasteiger partial charge in [-0.05, 0) is 44.2 Å². The van der Waals surface area contributed by atoms with Crippen molar-refractivity contribution in [3.8, 4) is 0 Å². The normalized spacial score (nSPS) is 17.1. The Morgan fingerprint density at radius 1 is 1.11 bits per heavy atom. The molecule has 1 aliphatic heterocycles. The molecule has 1 saturated heterocycles. The lowest BCUT2D eigenvalue weighted by Crippen LogP contribution is -2.44. The van der Waals surface area contributed by atoms with Crippen LogP contribution in [0.25, 0.3) is 11.0 Å². The van der Waals surface area contributed by atoms with E-state index in [0.717, 1.165) is 51.9 Å². The average molecular weight is 494 g/mol. The molecule has 0 radical (unpaired) electrons. The number of pyridine rings is 1. The van der Waals surface area contributed by atoms with E-state index in [2.05, 4.69) is 32.1 Å². The fourth-order valence-electron chi connectivity index (χ4n) is 5.09. The Balaban J connectivity index is 1.48. The van der Waals surface area contributed by atoms with Crippen LogP contribution in [0.1, 0.15) is 42.1 Å². The van der Waals surface area contributed by atoms with E-state index >= 15 is 0 Å². The van der Waals surface area contributed by atoms with Gasteiger partial charge in [0.05, 0.1) is 5.69 Å². The molecule has 0 atom stereocenters. The van der Waals surface area contributed by atoms with Gasteiger partial charge in [0.15, 0.2) is 0 Å². The van der Waals surface area contributed by atoms with Crippen LogP contribution < -0.4 is 15.8 Å². The highest BCUT2D eigenvalue weighted by molar-refractivity contribution is 5.96. The Morgan fingerprint density at radius 3 is 2.50 bits per heavy atom.